The van der Waals surface area contributed by atoms with Crippen LogP contribution in [0.15, 0.2) is 0 Å². The summed E-state index contributed by atoms with van der Waals surface area (Å²) in [5.41, 5.74) is 0. The summed E-state index contributed by atoms with van der Waals surface area (Å²) in [4.78, 5) is 11.5. The van der Waals surface area contributed by atoms with Crippen molar-refractivity contribution in [2.45, 2.75) is 113 Å². The highest BCUT2D eigenvalue weighted by molar-refractivity contribution is 5.66. The molecule has 0 spiro atoms. The Balaban J connectivity index is 1.84. The van der Waals surface area contributed by atoms with Crippen molar-refractivity contribution in [1.29, 1.82) is 0 Å². The maximum Gasteiger partial charge on any atom is 0.303 e. The molecule has 0 saturated carbocycles. The summed E-state index contributed by atoms with van der Waals surface area (Å²) in [6, 6.07) is 0. The number of aliphatic hydroxyl groups excluding tert-OH is 4. The molecule has 0 aromatic heterocycles. The van der Waals surface area contributed by atoms with Gasteiger partial charge in [0.2, 0.25) is 0 Å². The predicted octanol–water partition coefficient (Wildman–Crippen LogP) is -2.33. The average Bonchev–Trinajstić information content (AvgIpc) is 2.89. The molecule has 15 atom stereocenters. The number of rotatable bonds is 10. The Kier molecular flexibility index (Phi) is 11.8. The SMILES string of the molecule is CO[C@@H]1[C@H](O[C@@H]2[C@@H](O)[C@H](C)O[C@@H](O[C@H]3[C@@H](OC)[C@H](O)O[C@@H](CO)[C@@H]3OC)[C@@H]2OC)O[C@@H](C)[C@@H](OC(C)=O)[C@H]1O. The zero-order valence-corrected chi connectivity index (χ0v) is 23.1. The van der Waals surface area contributed by atoms with Gasteiger partial charge in [-0.2, -0.15) is 0 Å². The van der Waals surface area contributed by atoms with Gasteiger partial charge < -0.3 is 67.8 Å². The average molecular weight is 571 g/mol. The van der Waals surface area contributed by atoms with Crippen molar-refractivity contribution < 1.29 is 72.6 Å². The second kappa shape index (κ2) is 14.2. The molecule has 0 aromatic rings. The van der Waals surface area contributed by atoms with Gasteiger partial charge in [-0.1, -0.05) is 0 Å². The van der Waals surface area contributed by atoms with E-state index in [-0.39, 0.29) is 0 Å². The molecule has 228 valence electrons. The number of hydrogen-bond acceptors (Lipinski definition) is 15. The first-order valence-corrected chi connectivity index (χ1v) is 12.7. The summed E-state index contributed by atoms with van der Waals surface area (Å²) in [6.07, 6.45) is -16.0. The second-order valence-corrected chi connectivity index (χ2v) is 9.72. The molecule has 0 amide bonds. The van der Waals surface area contributed by atoms with Crippen LogP contribution >= 0.6 is 0 Å². The van der Waals surface area contributed by atoms with Crippen molar-refractivity contribution in [3.8, 4) is 0 Å². The minimum Gasteiger partial charge on any atom is -0.457 e. The van der Waals surface area contributed by atoms with Gasteiger partial charge in [-0.05, 0) is 13.8 Å². The molecule has 3 rings (SSSR count). The van der Waals surface area contributed by atoms with Gasteiger partial charge in [-0.3, -0.25) is 4.79 Å². The van der Waals surface area contributed by atoms with Crippen LogP contribution in [0.5, 0.6) is 0 Å². The lowest BCUT2D eigenvalue weighted by Gasteiger charge is -2.49. The molecule has 4 N–H and O–H groups in total. The number of carbonyl (C=O) groups excluding carboxylic acids is 1. The Morgan fingerprint density at radius 3 is 1.74 bits per heavy atom. The van der Waals surface area contributed by atoms with Gasteiger partial charge in [0.25, 0.3) is 0 Å². The van der Waals surface area contributed by atoms with Gasteiger partial charge in [0, 0.05) is 35.4 Å². The van der Waals surface area contributed by atoms with E-state index in [0.717, 1.165) is 0 Å². The van der Waals surface area contributed by atoms with Crippen LogP contribution < -0.4 is 0 Å². The lowest BCUT2D eigenvalue weighted by molar-refractivity contribution is -0.379. The van der Waals surface area contributed by atoms with E-state index in [1.807, 2.05) is 0 Å². The summed E-state index contributed by atoms with van der Waals surface area (Å²) in [6.45, 7) is 3.96. The standard InChI is InChI=1S/C24H42O15/c1-9-13(27)17(38-23-18(31-5)14(28)15(10(2)35-23)36-11(3)26)21(33-7)24(34-9)39-19-16(30-4)12(8-25)37-22(29)20(19)32-6/h9-10,12-25,27-29H,8H2,1-7H3/t9-,10-,12-,13-,14+,15+,16-,17+,18-,19+,20+,21+,22+,23-,24-/m0/s1. The largest absolute Gasteiger partial charge is 0.457 e. The van der Waals surface area contributed by atoms with E-state index < -0.39 is 105 Å². The highest BCUT2D eigenvalue weighted by atomic mass is 16.8. The van der Waals surface area contributed by atoms with Gasteiger partial charge in [0.15, 0.2) is 25.0 Å². The molecule has 3 aliphatic heterocycles. The lowest BCUT2D eigenvalue weighted by atomic mass is 9.96. The second-order valence-electron chi connectivity index (χ2n) is 9.72. The molecule has 15 nitrogen and oxygen atoms in total. The zero-order valence-electron chi connectivity index (χ0n) is 23.1. The summed E-state index contributed by atoms with van der Waals surface area (Å²) in [5, 5.41) is 42.1. The number of methoxy groups -OCH3 is 4. The molecule has 0 aliphatic carbocycles. The van der Waals surface area contributed by atoms with Crippen molar-refractivity contribution in [1.82, 2.24) is 0 Å². The Hall–Kier alpha value is -1.05. The Bertz CT molecular complexity index is 772. The summed E-state index contributed by atoms with van der Waals surface area (Å²) >= 11 is 0. The maximum atomic E-state index is 11.5. The van der Waals surface area contributed by atoms with Crippen LogP contribution in [0.4, 0.5) is 0 Å². The molecular weight excluding hydrogens is 528 g/mol. The van der Waals surface area contributed by atoms with E-state index >= 15 is 0 Å². The zero-order chi connectivity index (χ0) is 29.0. The third-order valence-corrected chi connectivity index (χ3v) is 7.27. The number of esters is 1. The predicted molar refractivity (Wildman–Crippen MR) is 127 cm³/mol. The van der Waals surface area contributed by atoms with Gasteiger partial charge in [0.1, 0.15) is 54.9 Å². The van der Waals surface area contributed by atoms with Crippen LogP contribution in [0.2, 0.25) is 0 Å². The third-order valence-electron chi connectivity index (χ3n) is 7.27. The topological polar surface area (TPSA) is 190 Å². The number of ether oxygens (including phenoxy) is 10. The molecule has 0 aromatic carbocycles. The van der Waals surface area contributed by atoms with Crippen molar-refractivity contribution in [3.63, 3.8) is 0 Å². The van der Waals surface area contributed by atoms with E-state index in [1.54, 1.807) is 13.8 Å². The van der Waals surface area contributed by atoms with Gasteiger partial charge >= 0.3 is 5.97 Å². The van der Waals surface area contributed by atoms with Crippen LogP contribution in [0.1, 0.15) is 20.8 Å². The quantitative estimate of drug-likeness (QED) is 0.204. The number of hydrogen-bond donors (Lipinski definition) is 4. The van der Waals surface area contributed by atoms with Gasteiger partial charge in [0.05, 0.1) is 18.8 Å². The highest BCUT2D eigenvalue weighted by Crippen LogP contribution is 2.35. The van der Waals surface area contributed by atoms with E-state index in [0.29, 0.717) is 0 Å². The van der Waals surface area contributed by atoms with Crippen molar-refractivity contribution in [3.05, 3.63) is 0 Å². The normalized spacial score (nSPS) is 47.1. The number of aliphatic hydroxyl groups is 4. The molecule has 0 bridgehead atoms. The van der Waals surface area contributed by atoms with E-state index in [4.69, 9.17) is 47.4 Å². The Labute approximate surface area is 227 Å². The fourth-order valence-corrected chi connectivity index (χ4v) is 5.25. The molecular formula is C24H42O15. The molecule has 39 heavy (non-hydrogen) atoms. The minimum atomic E-state index is -1.44. The van der Waals surface area contributed by atoms with Crippen molar-refractivity contribution in [2.75, 3.05) is 35.0 Å². The fraction of sp³-hybridized carbons (Fsp3) is 0.958. The van der Waals surface area contributed by atoms with Crippen LogP contribution in [0.3, 0.4) is 0 Å². The fourth-order valence-electron chi connectivity index (χ4n) is 5.25. The van der Waals surface area contributed by atoms with Gasteiger partial charge in [-0.15, -0.1) is 0 Å². The lowest BCUT2D eigenvalue weighted by Crippen LogP contribution is -2.66. The van der Waals surface area contributed by atoms with Crippen molar-refractivity contribution in [2.24, 2.45) is 0 Å². The van der Waals surface area contributed by atoms with Crippen LogP contribution in [0.25, 0.3) is 0 Å². The first-order valence-electron chi connectivity index (χ1n) is 12.7. The Morgan fingerprint density at radius 1 is 0.667 bits per heavy atom. The van der Waals surface area contributed by atoms with Gasteiger partial charge in [-0.25, -0.2) is 0 Å². The smallest absolute Gasteiger partial charge is 0.303 e. The summed E-state index contributed by atoms with van der Waals surface area (Å²) in [7, 11) is 5.45. The first-order chi connectivity index (χ1) is 18.5. The molecule has 3 saturated heterocycles. The number of carbonyl (C=O) groups is 1. The first kappa shape index (κ1) is 32.5. The summed E-state index contributed by atoms with van der Waals surface area (Å²) in [5.74, 6) is -0.595. The van der Waals surface area contributed by atoms with E-state index in [2.05, 4.69) is 0 Å². The van der Waals surface area contributed by atoms with Crippen LogP contribution in [0, 0.1) is 0 Å². The molecule has 3 fully saturated rings. The summed E-state index contributed by atoms with van der Waals surface area (Å²) < 4.78 is 56.8. The molecule has 0 radical (unpaired) electrons. The van der Waals surface area contributed by atoms with E-state index in [1.165, 1.54) is 35.4 Å². The minimum absolute atomic E-state index is 0.460. The van der Waals surface area contributed by atoms with E-state index in [9.17, 15) is 25.2 Å². The Morgan fingerprint density at radius 2 is 1.21 bits per heavy atom. The molecule has 3 heterocycles. The van der Waals surface area contributed by atoms with Crippen LogP contribution in [-0.4, -0.2) is 154 Å². The highest BCUT2D eigenvalue weighted by Gasteiger charge is 2.54. The molecule has 3 aliphatic rings. The third kappa shape index (κ3) is 6.89. The molecule has 15 heteroatoms. The van der Waals surface area contributed by atoms with Crippen molar-refractivity contribution >= 4 is 5.97 Å². The maximum absolute atomic E-state index is 11.5. The molecule has 0 unspecified atom stereocenters. The monoisotopic (exact) mass is 570 g/mol. The van der Waals surface area contributed by atoms with Crippen LogP contribution in [-0.2, 0) is 52.2 Å².